The number of benzene rings is 2. The van der Waals surface area contributed by atoms with Gasteiger partial charge in [-0.2, -0.15) is 0 Å². The average Bonchev–Trinajstić information content (AvgIpc) is 2.50. The first-order chi connectivity index (χ1) is 10.1. The maximum absolute atomic E-state index is 6.52. The lowest BCUT2D eigenvalue weighted by Gasteiger charge is -2.11. The lowest BCUT2D eigenvalue weighted by Crippen LogP contribution is -1.94. The second-order valence-electron chi connectivity index (χ2n) is 5.01. The lowest BCUT2D eigenvalue weighted by atomic mass is 10.0. The van der Waals surface area contributed by atoms with Gasteiger partial charge in [0.1, 0.15) is 0 Å². The number of rotatable bonds is 2. The molecule has 3 rings (SSSR count). The van der Waals surface area contributed by atoms with E-state index in [4.69, 9.17) is 22.3 Å². The van der Waals surface area contributed by atoms with Gasteiger partial charge in [-0.1, -0.05) is 48.5 Å². The fraction of sp³-hybridized carbons (Fsp3) is 0.0556. The van der Waals surface area contributed by atoms with Crippen molar-refractivity contribution in [2.24, 2.45) is 0 Å². The fourth-order valence-electron chi connectivity index (χ4n) is 2.43. The van der Waals surface area contributed by atoms with Crippen molar-refractivity contribution in [3.63, 3.8) is 0 Å². The normalized spacial score (nSPS) is 10.8. The number of halogens is 1. The first-order valence-corrected chi connectivity index (χ1v) is 7.06. The summed E-state index contributed by atoms with van der Waals surface area (Å²) >= 11 is 6.52. The van der Waals surface area contributed by atoms with Crippen molar-refractivity contribution in [2.75, 3.05) is 5.73 Å². The zero-order valence-electron chi connectivity index (χ0n) is 11.7. The molecule has 0 radical (unpaired) electrons. The van der Waals surface area contributed by atoms with E-state index in [1.807, 2.05) is 49.4 Å². The van der Waals surface area contributed by atoms with Crippen LogP contribution in [-0.4, -0.2) is 4.98 Å². The van der Waals surface area contributed by atoms with Gasteiger partial charge in [0.05, 0.1) is 16.2 Å². The molecule has 0 bridgehead atoms. The van der Waals surface area contributed by atoms with Crippen LogP contribution < -0.4 is 5.73 Å². The third-order valence-electron chi connectivity index (χ3n) is 3.57. The molecule has 0 fully saturated rings. The number of nitrogen functional groups attached to an aromatic ring is 1. The predicted octanol–water partition coefficient (Wildman–Crippen LogP) is 5.09. The van der Waals surface area contributed by atoms with Gasteiger partial charge in [0.25, 0.3) is 0 Å². The second-order valence-corrected chi connectivity index (χ2v) is 5.38. The summed E-state index contributed by atoms with van der Waals surface area (Å²) in [6, 6.07) is 13.6. The van der Waals surface area contributed by atoms with Crippen molar-refractivity contribution >= 4 is 34.3 Å². The third kappa shape index (κ3) is 2.39. The molecule has 1 aromatic heterocycles. The summed E-state index contributed by atoms with van der Waals surface area (Å²) in [6.45, 7) is 5.77. The molecule has 21 heavy (non-hydrogen) atoms. The maximum atomic E-state index is 6.52. The van der Waals surface area contributed by atoms with Crippen LogP contribution >= 0.6 is 11.6 Å². The Morgan fingerprint density at radius 2 is 2.00 bits per heavy atom. The van der Waals surface area contributed by atoms with Crippen LogP contribution in [0.5, 0.6) is 0 Å². The molecule has 3 heteroatoms. The molecule has 0 aliphatic carbocycles. The summed E-state index contributed by atoms with van der Waals surface area (Å²) in [5.41, 5.74) is 11.3. The molecular formula is C18H15ClN2. The van der Waals surface area contributed by atoms with Crippen LogP contribution in [0.25, 0.3) is 28.2 Å². The van der Waals surface area contributed by atoms with Crippen molar-refractivity contribution < 1.29 is 0 Å². The summed E-state index contributed by atoms with van der Waals surface area (Å²) < 4.78 is 0. The molecule has 0 amide bonds. The molecule has 0 saturated carbocycles. The van der Waals surface area contributed by atoms with E-state index >= 15 is 0 Å². The summed E-state index contributed by atoms with van der Waals surface area (Å²) in [4.78, 5) is 4.77. The molecular weight excluding hydrogens is 280 g/mol. The summed E-state index contributed by atoms with van der Waals surface area (Å²) in [5, 5.41) is 1.68. The van der Waals surface area contributed by atoms with Crippen molar-refractivity contribution in [1.82, 2.24) is 4.98 Å². The fourth-order valence-corrected chi connectivity index (χ4v) is 2.68. The Morgan fingerprint density at radius 1 is 1.19 bits per heavy atom. The number of aromatic nitrogens is 1. The highest BCUT2D eigenvalue weighted by atomic mass is 35.5. The predicted molar refractivity (Wildman–Crippen MR) is 91.4 cm³/mol. The van der Waals surface area contributed by atoms with Gasteiger partial charge in [0.15, 0.2) is 0 Å². The molecule has 104 valence electrons. The van der Waals surface area contributed by atoms with Crippen molar-refractivity contribution in [1.29, 1.82) is 0 Å². The standard InChI is InChI=1S/C18H15ClN2/c1-3-12-7-8-15-16(9-12)21-18(11(2)17(15)19)13-5-4-6-14(20)10-13/h3-10H,1,20H2,2H3. The minimum Gasteiger partial charge on any atom is -0.399 e. The van der Waals surface area contributed by atoms with Crippen LogP contribution in [0, 0.1) is 6.92 Å². The molecule has 0 spiro atoms. The van der Waals surface area contributed by atoms with Crippen LogP contribution in [0.1, 0.15) is 11.1 Å². The molecule has 2 nitrogen and oxygen atoms in total. The number of nitrogens with zero attached hydrogens (tertiary/aromatic N) is 1. The van der Waals surface area contributed by atoms with Crippen molar-refractivity contribution in [3.05, 3.63) is 65.2 Å². The van der Waals surface area contributed by atoms with E-state index in [0.29, 0.717) is 5.69 Å². The molecule has 1 heterocycles. The second kappa shape index (κ2) is 5.23. The van der Waals surface area contributed by atoms with E-state index in [-0.39, 0.29) is 0 Å². The van der Waals surface area contributed by atoms with Crippen molar-refractivity contribution in [3.8, 4) is 11.3 Å². The largest absolute Gasteiger partial charge is 0.399 e. The first kappa shape index (κ1) is 13.7. The lowest BCUT2D eigenvalue weighted by molar-refractivity contribution is 1.33. The van der Waals surface area contributed by atoms with Crippen molar-refractivity contribution in [2.45, 2.75) is 6.92 Å². The number of hydrogen-bond donors (Lipinski definition) is 1. The number of hydrogen-bond acceptors (Lipinski definition) is 2. The highest BCUT2D eigenvalue weighted by Crippen LogP contribution is 2.33. The number of pyridine rings is 1. The highest BCUT2D eigenvalue weighted by Gasteiger charge is 2.12. The number of anilines is 1. The summed E-state index contributed by atoms with van der Waals surface area (Å²) in [5.74, 6) is 0. The Balaban J connectivity index is 2.32. The Bertz CT molecular complexity index is 853. The Labute approximate surface area is 128 Å². The molecule has 0 saturated heterocycles. The SMILES string of the molecule is C=Cc1ccc2c(Cl)c(C)c(-c3cccc(N)c3)nc2c1. The van der Waals surface area contributed by atoms with E-state index < -0.39 is 0 Å². The molecule has 0 aliphatic rings. The van der Waals surface area contributed by atoms with Crippen LogP contribution in [0.15, 0.2) is 49.0 Å². The average molecular weight is 295 g/mol. The van der Waals surface area contributed by atoms with E-state index in [0.717, 1.165) is 38.3 Å². The first-order valence-electron chi connectivity index (χ1n) is 6.68. The van der Waals surface area contributed by atoms with Crippen LogP contribution in [0.3, 0.4) is 0 Å². The number of fused-ring (bicyclic) bond motifs is 1. The van der Waals surface area contributed by atoms with E-state index in [1.54, 1.807) is 6.08 Å². The van der Waals surface area contributed by atoms with Gasteiger partial charge in [0, 0.05) is 16.6 Å². The highest BCUT2D eigenvalue weighted by molar-refractivity contribution is 6.36. The molecule has 0 aliphatic heterocycles. The van der Waals surface area contributed by atoms with Gasteiger partial charge < -0.3 is 5.73 Å². The third-order valence-corrected chi connectivity index (χ3v) is 4.06. The zero-order chi connectivity index (χ0) is 15.0. The van der Waals surface area contributed by atoms with Gasteiger partial charge in [-0.15, -0.1) is 0 Å². The van der Waals surface area contributed by atoms with Gasteiger partial charge in [-0.25, -0.2) is 4.98 Å². The topological polar surface area (TPSA) is 38.9 Å². The molecule has 2 N–H and O–H groups in total. The van der Waals surface area contributed by atoms with Gasteiger partial charge in [-0.3, -0.25) is 0 Å². The monoisotopic (exact) mass is 294 g/mol. The maximum Gasteiger partial charge on any atom is 0.0754 e. The smallest absolute Gasteiger partial charge is 0.0754 e. The van der Waals surface area contributed by atoms with Gasteiger partial charge >= 0.3 is 0 Å². The molecule has 0 atom stereocenters. The quantitative estimate of drug-likeness (QED) is 0.669. The van der Waals surface area contributed by atoms with Crippen LogP contribution in [0.4, 0.5) is 5.69 Å². The van der Waals surface area contributed by atoms with E-state index in [9.17, 15) is 0 Å². The zero-order valence-corrected chi connectivity index (χ0v) is 12.5. The summed E-state index contributed by atoms with van der Waals surface area (Å²) in [7, 11) is 0. The number of nitrogens with two attached hydrogens (primary N) is 1. The molecule has 0 unspecified atom stereocenters. The van der Waals surface area contributed by atoms with Crippen LogP contribution in [-0.2, 0) is 0 Å². The van der Waals surface area contributed by atoms with E-state index in [2.05, 4.69) is 6.58 Å². The Morgan fingerprint density at radius 3 is 2.71 bits per heavy atom. The molecule has 2 aromatic carbocycles. The van der Waals surface area contributed by atoms with E-state index in [1.165, 1.54) is 0 Å². The van der Waals surface area contributed by atoms with Crippen LogP contribution in [0.2, 0.25) is 5.02 Å². The van der Waals surface area contributed by atoms with Gasteiger partial charge in [0.2, 0.25) is 0 Å². The summed E-state index contributed by atoms with van der Waals surface area (Å²) in [6.07, 6.45) is 1.80. The Hall–Kier alpha value is -2.32. The van der Waals surface area contributed by atoms with Gasteiger partial charge in [-0.05, 0) is 36.2 Å². The Kier molecular flexibility index (Phi) is 3.40. The minimum absolute atomic E-state index is 0.713. The molecule has 3 aromatic rings. The minimum atomic E-state index is 0.713.